The number of rotatable bonds is 5. The fraction of sp³-hybridized carbons (Fsp3) is 0.333. The molecule has 0 saturated carbocycles. The average Bonchev–Trinajstić information content (AvgIpc) is 2.91. The maximum absolute atomic E-state index is 13.1. The minimum absolute atomic E-state index is 0. The van der Waals surface area contributed by atoms with E-state index in [1.165, 1.54) is 10.9 Å². The van der Waals surface area contributed by atoms with Gasteiger partial charge in [0.2, 0.25) is 0 Å². The van der Waals surface area contributed by atoms with Crippen molar-refractivity contribution in [1.82, 2.24) is 15.6 Å². The minimum atomic E-state index is -0.410. The van der Waals surface area contributed by atoms with E-state index in [4.69, 9.17) is 11.6 Å². The van der Waals surface area contributed by atoms with E-state index in [1.54, 1.807) is 30.5 Å². The first-order chi connectivity index (χ1) is 10.6. The van der Waals surface area contributed by atoms with Crippen molar-refractivity contribution in [2.45, 2.75) is 19.9 Å². The van der Waals surface area contributed by atoms with Gasteiger partial charge in [0.1, 0.15) is 5.82 Å². The SMILES string of the molecule is CN=C(NCCc1ncc(C)s1)NCc1ccc(F)c(Cl)c1.I. The van der Waals surface area contributed by atoms with Gasteiger partial charge in [0.05, 0.1) is 10.0 Å². The van der Waals surface area contributed by atoms with Gasteiger partial charge in [0, 0.05) is 37.6 Å². The molecule has 2 aromatic rings. The third-order valence-corrected chi connectivity index (χ3v) is 4.23. The normalized spacial score (nSPS) is 11.0. The summed E-state index contributed by atoms with van der Waals surface area (Å²) < 4.78 is 13.1. The van der Waals surface area contributed by atoms with Gasteiger partial charge in [-0.3, -0.25) is 4.99 Å². The Labute approximate surface area is 161 Å². The summed E-state index contributed by atoms with van der Waals surface area (Å²) in [6.07, 6.45) is 2.73. The Bertz CT molecular complexity index is 663. The van der Waals surface area contributed by atoms with Crippen LogP contribution in [-0.2, 0) is 13.0 Å². The molecule has 0 aliphatic rings. The molecule has 8 heteroatoms. The quantitative estimate of drug-likeness (QED) is 0.399. The zero-order valence-electron chi connectivity index (χ0n) is 12.9. The zero-order valence-corrected chi connectivity index (χ0v) is 16.8. The van der Waals surface area contributed by atoms with Gasteiger partial charge in [-0.05, 0) is 24.6 Å². The topological polar surface area (TPSA) is 49.3 Å². The summed E-state index contributed by atoms with van der Waals surface area (Å²) in [6, 6.07) is 4.66. The van der Waals surface area contributed by atoms with Gasteiger partial charge < -0.3 is 10.6 Å². The van der Waals surface area contributed by atoms with Crippen molar-refractivity contribution < 1.29 is 4.39 Å². The van der Waals surface area contributed by atoms with E-state index in [0.29, 0.717) is 12.5 Å². The van der Waals surface area contributed by atoms with Gasteiger partial charge in [-0.25, -0.2) is 9.37 Å². The molecule has 0 atom stereocenters. The molecule has 0 aliphatic carbocycles. The summed E-state index contributed by atoms with van der Waals surface area (Å²) in [6.45, 7) is 3.32. The van der Waals surface area contributed by atoms with Crippen LogP contribution in [0.25, 0.3) is 0 Å². The maximum Gasteiger partial charge on any atom is 0.191 e. The number of thiazole rings is 1. The first-order valence-electron chi connectivity index (χ1n) is 6.88. The van der Waals surface area contributed by atoms with E-state index in [9.17, 15) is 4.39 Å². The average molecular weight is 469 g/mol. The summed E-state index contributed by atoms with van der Waals surface area (Å²) in [5.41, 5.74) is 0.893. The number of guanidine groups is 1. The van der Waals surface area contributed by atoms with Gasteiger partial charge in [-0.15, -0.1) is 35.3 Å². The van der Waals surface area contributed by atoms with Crippen molar-refractivity contribution >= 4 is 52.9 Å². The second-order valence-electron chi connectivity index (χ2n) is 4.72. The molecule has 1 aromatic heterocycles. The largest absolute Gasteiger partial charge is 0.356 e. The standard InChI is InChI=1S/C15H18ClFN4S.HI/c1-10-8-20-14(22-10)5-6-19-15(18-2)21-9-11-3-4-13(17)12(16)7-11;/h3-4,7-8H,5-6,9H2,1-2H3,(H2,18,19,21);1H. The molecular weight excluding hydrogens is 450 g/mol. The Morgan fingerprint density at radius 1 is 1.39 bits per heavy atom. The van der Waals surface area contributed by atoms with Crippen LogP contribution in [0.3, 0.4) is 0 Å². The van der Waals surface area contributed by atoms with Crippen LogP contribution >= 0.6 is 46.9 Å². The van der Waals surface area contributed by atoms with Gasteiger partial charge in [0.25, 0.3) is 0 Å². The highest BCUT2D eigenvalue weighted by molar-refractivity contribution is 14.0. The molecule has 0 amide bonds. The van der Waals surface area contributed by atoms with Crippen molar-refractivity contribution in [3.8, 4) is 0 Å². The zero-order chi connectivity index (χ0) is 15.9. The van der Waals surface area contributed by atoms with Crippen molar-refractivity contribution in [3.63, 3.8) is 0 Å². The lowest BCUT2D eigenvalue weighted by Crippen LogP contribution is -2.37. The van der Waals surface area contributed by atoms with Crippen molar-refractivity contribution in [3.05, 3.63) is 50.7 Å². The van der Waals surface area contributed by atoms with E-state index in [-0.39, 0.29) is 29.0 Å². The molecule has 0 aliphatic heterocycles. The van der Waals surface area contributed by atoms with Crippen LogP contribution in [0.4, 0.5) is 4.39 Å². The first kappa shape index (κ1) is 20.1. The molecule has 0 fully saturated rings. The van der Waals surface area contributed by atoms with Crippen LogP contribution in [0.2, 0.25) is 5.02 Å². The third kappa shape index (κ3) is 6.60. The molecule has 0 spiro atoms. The van der Waals surface area contributed by atoms with Crippen molar-refractivity contribution in [2.24, 2.45) is 4.99 Å². The maximum atomic E-state index is 13.1. The molecular formula is C15H19ClFIN4S. The van der Waals surface area contributed by atoms with E-state index < -0.39 is 5.82 Å². The molecule has 0 radical (unpaired) electrons. The van der Waals surface area contributed by atoms with Crippen LogP contribution in [0, 0.1) is 12.7 Å². The van der Waals surface area contributed by atoms with E-state index >= 15 is 0 Å². The van der Waals surface area contributed by atoms with E-state index in [0.717, 1.165) is 23.5 Å². The smallest absolute Gasteiger partial charge is 0.191 e. The minimum Gasteiger partial charge on any atom is -0.356 e. The van der Waals surface area contributed by atoms with Crippen LogP contribution in [-0.4, -0.2) is 24.5 Å². The summed E-state index contributed by atoms with van der Waals surface area (Å²) in [7, 11) is 1.71. The lowest BCUT2D eigenvalue weighted by molar-refractivity contribution is 0.627. The Hall–Kier alpha value is -0.930. The Morgan fingerprint density at radius 3 is 2.78 bits per heavy atom. The monoisotopic (exact) mass is 468 g/mol. The second-order valence-corrected chi connectivity index (χ2v) is 6.44. The predicted molar refractivity (Wildman–Crippen MR) is 106 cm³/mol. The van der Waals surface area contributed by atoms with Gasteiger partial charge in [-0.2, -0.15) is 0 Å². The lowest BCUT2D eigenvalue weighted by atomic mass is 10.2. The number of aliphatic imine (C=N–C) groups is 1. The third-order valence-electron chi connectivity index (χ3n) is 2.97. The molecule has 0 bridgehead atoms. The van der Waals surface area contributed by atoms with Crippen LogP contribution in [0.5, 0.6) is 0 Å². The Balaban J connectivity index is 0.00000264. The number of nitrogens with one attached hydrogen (secondary N) is 2. The number of benzene rings is 1. The Kier molecular flexibility index (Phi) is 8.78. The molecule has 23 heavy (non-hydrogen) atoms. The van der Waals surface area contributed by atoms with E-state index in [1.807, 2.05) is 13.1 Å². The van der Waals surface area contributed by atoms with Gasteiger partial charge in [-0.1, -0.05) is 17.7 Å². The highest BCUT2D eigenvalue weighted by atomic mass is 127. The molecule has 4 nitrogen and oxygen atoms in total. The van der Waals surface area contributed by atoms with Crippen LogP contribution < -0.4 is 10.6 Å². The van der Waals surface area contributed by atoms with Crippen LogP contribution in [0.15, 0.2) is 29.4 Å². The van der Waals surface area contributed by atoms with Crippen LogP contribution in [0.1, 0.15) is 15.4 Å². The molecule has 2 N–H and O–H groups in total. The van der Waals surface area contributed by atoms with Gasteiger partial charge >= 0.3 is 0 Å². The fourth-order valence-electron chi connectivity index (χ4n) is 1.86. The number of hydrogen-bond acceptors (Lipinski definition) is 3. The highest BCUT2D eigenvalue weighted by Crippen LogP contribution is 2.15. The fourth-order valence-corrected chi connectivity index (χ4v) is 2.85. The summed E-state index contributed by atoms with van der Waals surface area (Å²) in [5, 5.41) is 7.62. The number of halogens is 3. The molecule has 0 unspecified atom stereocenters. The summed E-state index contributed by atoms with van der Waals surface area (Å²) >= 11 is 7.46. The van der Waals surface area contributed by atoms with E-state index in [2.05, 4.69) is 20.6 Å². The number of aromatic nitrogens is 1. The predicted octanol–water partition coefficient (Wildman–Crippen LogP) is 3.77. The molecule has 1 aromatic carbocycles. The summed E-state index contributed by atoms with van der Waals surface area (Å²) in [4.78, 5) is 9.68. The molecule has 2 rings (SSSR count). The van der Waals surface area contributed by atoms with Crippen molar-refractivity contribution in [2.75, 3.05) is 13.6 Å². The van der Waals surface area contributed by atoms with Gasteiger partial charge in [0.15, 0.2) is 5.96 Å². The van der Waals surface area contributed by atoms with Crippen molar-refractivity contribution in [1.29, 1.82) is 0 Å². The lowest BCUT2D eigenvalue weighted by Gasteiger charge is -2.11. The molecule has 0 saturated heterocycles. The second kappa shape index (κ2) is 10.0. The summed E-state index contributed by atoms with van der Waals surface area (Å²) in [5.74, 6) is 0.278. The number of aryl methyl sites for hydroxylation is 1. The Morgan fingerprint density at radius 2 is 2.17 bits per heavy atom. The molecule has 126 valence electrons. The molecule has 1 heterocycles. The highest BCUT2D eigenvalue weighted by Gasteiger charge is 2.03. The first-order valence-corrected chi connectivity index (χ1v) is 8.07. The number of hydrogen-bond donors (Lipinski definition) is 2. The number of nitrogens with zero attached hydrogens (tertiary/aromatic N) is 2.